The van der Waals surface area contributed by atoms with E-state index in [9.17, 15) is 0 Å². The lowest BCUT2D eigenvalue weighted by atomic mass is 10.3. The van der Waals surface area contributed by atoms with Crippen molar-refractivity contribution in [1.29, 1.82) is 0 Å². The topological polar surface area (TPSA) is 35.2 Å². The van der Waals surface area contributed by atoms with E-state index in [0.717, 1.165) is 18.9 Å². The molecule has 1 fully saturated rings. The van der Waals surface area contributed by atoms with Crippen molar-refractivity contribution in [3.8, 4) is 0 Å². The number of nitrogens with two attached hydrogens (primary N) is 1. The van der Waals surface area contributed by atoms with Crippen LogP contribution in [0.4, 0.5) is 0 Å². The molecular formula is C8H17NOS. The highest BCUT2D eigenvalue weighted by atomic mass is 32.2. The highest BCUT2D eigenvalue weighted by Gasteiger charge is 2.15. The smallest absolute Gasteiger partial charge is 0.0666 e. The van der Waals surface area contributed by atoms with Gasteiger partial charge in [0.05, 0.1) is 6.10 Å². The van der Waals surface area contributed by atoms with Crippen LogP contribution in [-0.4, -0.2) is 30.3 Å². The first-order valence-electron chi connectivity index (χ1n) is 4.26. The molecule has 3 heteroatoms. The Hall–Kier alpha value is 0.270. The zero-order valence-corrected chi connectivity index (χ0v) is 7.90. The van der Waals surface area contributed by atoms with Gasteiger partial charge in [0, 0.05) is 24.2 Å². The maximum absolute atomic E-state index is 5.50. The van der Waals surface area contributed by atoms with E-state index in [2.05, 4.69) is 6.92 Å². The highest BCUT2D eigenvalue weighted by Crippen LogP contribution is 2.19. The molecule has 0 aromatic rings. The van der Waals surface area contributed by atoms with Crippen molar-refractivity contribution in [2.75, 3.05) is 18.9 Å². The maximum atomic E-state index is 5.50. The second-order valence-electron chi connectivity index (χ2n) is 3.01. The summed E-state index contributed by atoms with van der Waals surface area (Å²) in [5.74, 6) is 1.12. The van der Waals surface area contributed by atoms with E-state index >= 15 is 0 Å². The fraction of sp³-hybridized carbons (Fsp3) is 1.00. The Kier molecular flexibility index (Phi) is 4.26. The van der Waals surface area contributed by atoms with Crippen LogP contribution in [0.5, 0.6) is 0 Å². The zero-order valence-electron chi connectivity index (χ0n) is 7.08. The van der Waals surface area contributed by atoms with Gasteiger partial charge in [-0.25, -0.2) is 0 Å². The fourth-order valence-electron chi connectivity index (χ4n) is 1.12. The molecule has 0 amide bonds. The molecule has 66 valence electrons. The van der Waals surface area contributed by atoms with Crippen LogP contribution in [0.25, 0.3) is 0 Å². The van der Waals surface area contributed by atoms with E-state index in [-0.39, 0.29) is 0 Å². The number of ether oxygens (including phenoxy) is 1. The van der Waals surface area contributed by atoms with Crippen LogP contribution in [0, 0.1) is 0 Å². The van der Waals surface area contributed by atoms with Crippen LogP contribution >= 0.6 is 11.8 Å². The molecule has 1 heterocycles. The van der Waals surface area contributed by atoms with Gasteiger partial charge in [-0.3, -0.25) is 0 Å². The van der Waals surface area contributed by atoms with E-state index in [1.807, 2.05) is 11.8 Å². The van der Waals surface area contributed by atoms with Gasteiger partial charge in [-0.05, 0) is 12.8 Å². The first-order valence-corrected chi connectivity index (χ1v) is 5.31. The Morgan fingerprint density at radius 3 is 3.09 bits per heavy atom. The van der Waals surface area contributed by atoms with E-state index in [0.29, 0.717) is 11.4 Å². The van der Waals surface area contributed by atoms with Gasteiger partial charge < -0.3 is 10.5 Å². The van der Waals surface area contributed by atoms with Gasteiger partial charge in [-0.2, -0.15) is 11.8 Å². The van der Waals surface area contributed by atoms with Crippen molar-refractivity contribution in [2.45, 2.75) is 31.1 Å². The molecule has 0 spiro atoms. The predicted octanol–water partition coefficient (Wildman–Crippen LogP) is 1.25. The van der Waals surface area contributed by atoms with Crippen LogP contribution in [-0.2, 0) is 4.74 Å². The summed E-state index contributed by atoms with van der Waals surface area (Å²) in [5.41, 5.74) is 5.50. The Labute approximate surface area is 72.9 Å². The lowest BCUT2D eigenvalue weighted by Crippen LogP contribution is -2.17. The first-order chi connectivity index (χ1) is 5.33. The molecule has 0 radical (unpaired) electrons. The molecule has 2 N–H and O–H groups in total. The molecule has 0 aromatic heterocycles. The maximum Gasteiger partial charge on any atom is 0.0666 e. The van der Waals surface area contributed by atoms with E-state index in [4.69, 9.17) is 10.5 Å². The van der Waals surface area contributed by atoms with Crippen LogP contribution in [0.3, 0.4) is 0 Å². The predicted molar refractivity (Wildman–Crippen MR) is 49.9 cm³/mol. The van der Waals surface area contributed by atoms with Gasteiger partial charge >= 0.3 is 0 Å². The normalized spacial score (nSPS) is 27.3. The van der Waals surface area contributed by atoms with Gasteiger partial charge in [-0.15, -0.1) is 0 Å². The van der Waals surface area contributed by atoms with Gasteiger partial charge in [0.25, 0.3) is 0 Å². The van der Waals surface area contributed by atoms with Crippen molar-refractivity contribution >= 4 is 11.8 Å². The number of hydrogen-bond donors (Lipinski definition) is 1. The fourth-order valence-corrected chi connectivity index (χ4v) is 2.06. The molecule has 0 saturated carbocycles. The lowest BCUT2D eigenvalue weighted by Gasteiger charge is -2.12. The quantitative estimate of drug-likeness (QED) is 0.698. The monoisotopic (exact) mass is 175 g/mol. The summed E-state index contributed by atoms with van der Waals surface area (Å²) < 4.78 is 5.49. The number of hydrogen-bond acceptors (Lipinski definition) is 3. The van der Waals surface area contributed by atoms with E-state index < -0.39 is 0 Å². The largest absolute Gasteiger partial charge is 0.377 e. The van der Waals surface area contributed by atoms with E-state index in [1.54, 1.807) is 0 Å². The van der Waals surface area contributed by atoms with Crippen LogP contribution in [0.15, 0.2) is 0 Å². The number of rotatable bonds is 4. The molecule has 0 bridgehead atoms. The summed E-state index contributed by atoms with van der Waals surface area (Å²) in [7, 11) is 0. The molecule has 1 rings (SSSR count). The zero-order chi connectivity index (χ0) is 8.10. The van der Waals surface area contributed by atoms with Gasteiger partial charge in [-0.1, -0.05) is 6.92 Å². The van der Waals surface area contributed by atoms with Gasteiger partial charge in [0.2, 0.25) is 0 Å². The molecule has 0 aliphatic carbocycles. The Balaban J connectivity index is 2.01. The summed E-state index contributed by atoms with van der Waals surface area (Å²) in [4.78, 5) is 0. The minimum Gasteiger partial charge on any atom is -0.377 e. The standard InChI is InChI=1S/C8H17NOS/c1-7(5-9)11-6-8-3-2-4-10-8/h7-8H,2-6,9H2,1H3. The summed E-state index contributed by atoms with van der Waals surface area (Å²) in [6.07, 6.45) is 2.99. The van der Waals surface area contributed by atoms with Gasteiger partial charge in [0.1, 0.15) is 0 Å². The number of thioether (sulfide) groups is 1. The van der Waals surface area contributed by atoms with Crippen LogP contribution in [0.1, 0.15) is 19.8 Å². The molecular weight excluding hydrogens is 158 g/mol. The SMILES string of the molecule is CC(CN)SCC1CCCO1. The van der Waals surface area contributed by atoms with E-state index in [1.165, 1.54) is 12.8 Å². The molecule has 1 aliphatic heterocycles. The van der Waals surface area contributed by atoms with Crippen molar-refractivity contribution in [1.82, 2.24) is 0 Å². The highest BCUT2D eigenvalue weighted by molar-refractivity contribution is 7.99. The minimum absolute atomic E-state index is 0.508. The summed E-state index contributed by atoms with van der Waals surface area (Å²) in [6.45, 7) is 3.90. The van der Waals surface area contributed by atoms with Gasteiger partial charge in [0.15, 0.2) is 0 Å². The molecule has 2 atom stereocenters. The summed E-state index contributed by atoms with van der Waals surface area (Å²) in [6, 6.07) is 0. The van der Waals surface area contributed by atoms with Crippen LogP contribution in [0.2, 0.25) is 0 Å². The van der Waals surface area contributed by atoms with Crippen LogP contribution < -0.4 is 5.73 Å². The Morgan fingerprint density at radius 2 is 2.55 bits per heavy atom. The second kappa shape index (κ2) is 5.01. The molecule has 2 unspecified atom stereocenters. The first kappa shape index (κ1) is 9.36. The third kappa shape index (κ3) is 3.45. The van der Waals surface area contributed by atoms with Crippen molar-refractivity contribution in [3.63, 3.8) is 0 Å². The molecule has 1 saturated heterocycles. The third-order valence-electron chi connectivity index (χ3n) is 1.92. The minimum atomic E-state index is 0.508. The average molecular weight is 175 g/mol. The summed E-state index contributed by atoms with van der Waals surface area (Å²) >= 11 is 1.92. The van der Waals surface area contributed by atoms with Crippen molar-refractivity contribution < 1.29 is 4.74 Å². The molecule has 0 aromatic carbocycles. The Bertz CT molecular complexity index is 104. The second-order valence-corrected chi connectivity index (χ2v) is 4.49. The third-order valence-corrected chi connectivity index (χ3v) is 3.25. The molecule has 2 nitrogen and oxygen atoms in total. The molecule has 1 aliphatic rings. The van der Waals surface area contributed by atoms with Crippen molar-refractivity contribution in [3.05, 3.63) is 0 Å². The summed E-state index contributed by atoms with van der Waals surface area (Å²) in [5, 5.41) is 0.583. The van der Waals surface area contributed by atoms with Crippen molar-refractivity contribution in [2.24, 2.45) is 5.73 Å². The molecule has 11 heavy (non-hydrogen) atoms. The lowest BCUT2D eigenvalue weighted by molar-refractivity contribution is 0.129. The Morgan fingerprint density at radius 1 is 1.73 bits per heavy atom. The average Bonchev–Trinajstić information content (AvgIpc) is 2.52.